The molecule has 1 heterocycles. The highest BCUT2D eigenvalue weighted by Crippen LogP contribution is 1.92. The molecule has 0 atom stereocenters. The van der Waals surface area contributed by atoms with E-state index in [2.05, 4.69) is 10.5 Å². The van der Waals surface area contributed by atoms with E-state index >= 15 is 0 Å². The van der Waals surface area contributed by atoms with Gasteiger partial charge >= 0.3 is 0 Å². The summed E-state index contributed by atoms with van der Waals surface area (Å²) in [5.41, 5.74) is 2.62. The fraction of sp³-hybridized carbons (Fsp3) is 0.250. The van der Waals surface area contributed by atoms with Crippen molar-refractivity contribution in [1.82, 2.24) is 5.43 Å². The number of hydrazone groups is 1. The molecule has 0 saturated carbocycles. The molecule has 1 N–H and O–H groups in total. The van der Waals surface area contributed by atoms with Crippen LogP contribution in [0.1, 0.15) is 6.92 Å². The Kier molecular flexibility index (Phi) is 0.978. The second kappa shape index (κ2) is 1.64. The summed E-state index contributed by atoms with van der Waals surface area (Å²) in [6, 6.07) is 0. The number of ether oxygens (including phenoxy) is 1. The van der Waals surface area contributed by atoms with Gasteiger partial charge in [0.1, 0.15) is 5.76 Å². The average Bonchev–Trinajstić information content (AvgIpc) is 1.69. The predicted octanol–water partition coefficient (Wildman–Crippen LogP) is 0.411. The maximum Gasteiger partial charge on any atom is 0.199 e. The Hall–Kier alpha value is -0.990. The summed E-state index contributed by atoms with van der Waals surface area (Å²) in [6.07, 6.45) is 3.04. The molecule has 3 heteroatoms. The number of allylic oxidation sites excluding steroid dienone is 1. The summed E-state index contributed by atoms with van der Waals surface area (Å²) in [6.45, 7) is 1.85. The Morgan fingerprint density at radius 3 is 3.00 bits per heavy atom. The summed E-state index contributed by atoms with van der Waals surface area (Å²) in [4.78, 5) is 0. The molecule has 0 aromatic carbocycles. The van der Waals surface area contributed by atoms with Gasteiger partial charge in [0.25, 0.3) is 0 Å². The van der Waals surface area contributed by atoms with E-state index in [1.165, 1.54) is 6.40 Å². The molecule has 0 spiro atoms. The molecular formula is C4H6N2O. The van der Waals surface area contributed by atoms with E-state index in [0.717, 1.165) is 5.76 Å². The third-order valence-corrected chi connectivity index (χ3v) is 0.634. The number of nitrogens with zero attached hydrogens (tertiary/aromatic N) is 1. The monoisotopic (exact) mass is 98.0 g/mol. The van der Waals surface area contributed by atoms with Crippen LogP contribution in [-0.2, 0) is 4.74 Å². The molecule has 0 aromatic heterocycles. The van der Waals surface area contributed by atoms with Gasteiger partial charge in [-0.25, -0.2) is 0 Å². The first-order valence-electron chi connectivity index (χ1n) is 2.00. The Bertz CT molecular complexity index is 117. The molecule has 1 aliphatic rings. The molecule has 7 heavy (non-hydrogen) atoms. The maximum atomic E-state index is 4.78. The van der Waals surface area contributed by atoms with Crippen LogP contribution in [0.15, 0.2) is 17.1 Å². The third-order valence-electron chi connectivity index (χ3n) is 0.634. The normalized spacial score (nSPS) is 17.0. The highest BCUT2D eigenvalue weighted by atomic mass is 16.5. The summed E-state index contributed by atoms with van der Waals surface area (Å²) < 4.78 is 4.78. The summed E-state index contributed by atoms with van der Waals surface area (Å²) in [5.74, 6) is 0.829. The van der Waals surface area contributed by atoms with Gasteiger partial charge in [-0.1, -0.05) is 0 Å². The first-order valence-corrected chi connectivity index (χ1v) is 2.00. The first-order chi connectivity index (χ1) is 3.39. The molecule has 0 unspecified atom stereocenters. The van der Waals surface area contributed by atoms with E-state index in [-0.39, 0.29) is 0 Å². The molecule has 38 valence electrons. The van der Waals surface area contributed by atoms with Crippen LogP contribution in [0.25, 0.3) is 0 Å². The summed E-state index contributed by atoms with van der Waals surface area (Å²) >= 11 is 0. The van der Waals surface area contributed by atoms with Crippen molar-refractivity contribution in [2.24, 2.45) is 5.10 Å². The van der Waals surface area contributed by atoms with E-state index in [9.17, 15) is 0 Å². The summed E-state index contributed by atoms with van der Waals surface area (Å²) in [7, 11) is 0. The molecule has 3 nitrogen and oxygen atoms in total. The van der Waals surface area contributed by atoms with Crippen LogP contribution < -0.4 is 5.43 Å². The van der Waals surface area contributed by atoms with Crippen molar-refractivity contribution in [1.29, 1.82) is 0 Å². The van der Waals surface area contributed by atoms with Crippen LogP contribution in [0.4, 0.5) is 0 Å². The van der Waals surface area contributed by atoms with Gasteiger partial charge < -0.3 is 4.74 Å². The molecule has 0 bridgehead atoms. The molecule has 1 aliphatic heterocycles. The Morgan fingerprint density at radius 2 is 2.71 bits per heavy atom. The lowest BCUT2D eigenvalue weighted by molar-refractivity contribution is 0.415. The second-order valence-corrected chi connectivity index (χ2v) is 1.24. The zero-order valence-corrected chi connectivity index (χ0v) is 4.01. The number of nitrogens with one attached hydrogen (secondary N) is 1. The van der Waals surface area contributed by atoms with E-state index in [1.807, 2.05) is 6.92 Å². The van der Waals surface area contributed by atoms with Crippen molar-refractivity contribution in [2.45, 2.75) is 6.92 Å². The van der Waals surface area contributed by atoms with Crippen LogP contribution in [0.5, 0.6) is 0 Å². The SMILES string of the molecule is CC1=CNN=CO1. The molecule has 1 rings (SSSR count). The minimum atomic E-state index is 0.829. The smallest absolute Gasteiger partial charge is 0.199 e. The van der Waals surface area contributed by atoms with Crippen molar-refractivity contribution in [3.05, 3.63) is 12.0 Å². The first kappa shape index (κ1) is 4.18. The van der Waals surface area contributed by atoms with Gasteiger partial charge in [-0.2, -0.15) is 0 Å². The van der Waals surface area contributed by atoms with Gasteiger partial charge in [-0.05, 0) is 6.92 Å². The van der Waals surface area contributed by atoms with Crippen molar-refractivity contribution in [3.8, 4) is 0 Å². The topological polar surface area (TPSA) is 33.6 Å². The molecule has 0 radical (unpaired) electrons. The Morgan fingerprint density at radius 1 is 1.86 bits per heavy atom. The number of hydrogen-bond donors (Lipinski definition) is 1. The molecular weight excluding hydrogens is 92.1 g/mol. The summed E-state index contributed by atoms with van der Waals surface area (Å²) in [5, 5.41) is 3.55. The number of hydrogen-bond acceptors (Lipinski definition) is 3. The quantitative estimate of drug-likeness (QED) is 0.476. The molecule has 0 aliphatic carbocycles. The molecule has 0 aromatic rings. The van der Waals surface area contributed by atoms with Crippen molar-refractivity contribution in [2.75, 3.05) is 0 Å². The van der Waals surface area contributed by atoms with Gasteiger partial charge in [0.15, 0.2) is 6.40 Å². The fourth-order valence-corrected chi connectivity index (χ4v) is 0.302. The van der Waals surface area contributed by atoms with Crippen LogP contribution in [0.2, 0.25) is 0 Å². The molecule has 0 saturated heterocycles. The van der Waals surface area contributed by atoms with Crippen molar-refractivity contribution < 1.29 is 4.74 Å². The standard InChI is InChI=1S/C4H6N2O/c1-4-2-5-6-3-7-4/h2-3,5H,1H3. The minimum Gasteiger partial charge on any atom is -0.447 e. The van der Waals surface area contributed by atoms with E-state index in [1.54, 1.807) is 6.20 Å². The largest absolute Gasteiger partial charge is 0.447 e. The Labute approximate surface area is 41.7 Å². The fourth-order valence-electron chi connectivity index (χ4n) is 0.302. The van der Waals surface area contributed by atoms with Crippen molar-refractivity contribution >= 4 is 6.40 Å². The van der Waals surface area contributed by atoms with Gasteiger partial charge in [0.05, 0.1) is 6.20 Å². The van der Waals surface area contributed by atoms with E-state index in [0.29, 0.717) is 0 Å². The molecule has 0 fully saturated rings. The zero-order chi connectivity index (χ0) is 5.11. The van der Waals surface area contributed by atoms with Gasteiger partial charge in [-0.15, -0.1) is 5.10 Å². The van der Waals surface area contributed by atoms with E-state index < -0.39 is 0 Å². The third kappa shape index (κ3) is 0.924. The average molecular weight is 98.1 g/mol. The van der Waals surface area contributed by atoms with Crippen LogP contribution in [-0.4, -0.2) is 6.40 Å². The van der Waals surface area contributed by atoms with Crippen molar-refractivity contribution in [3.63, 3.8) is 0 Å². The van der Waals surface area contributed by atoms with Gasteiger partial charge in [-0.3, -0.25) is 5.43 Å². The maximum absolute atomic E-state index is 4.78. The highest BCUT2D eigenvalue weighted by Gasteiger charge is 1.87. The van der Waals surface area contributed by atoms with Crippen LogP contribution >= 0.6 is 0 Å². The predicted molar refractivity (Wildman–Crippen MR) is 26.5 cm³/mol. The lowest BCUT2D eigenvalue weighted by Crippen LogP contribution is -2.03. The van der Waals surface area contributed by atoms with Crippen LogP contribution in [0, 0.1) is 0 Å². The Balaban J connectivity index is 2.50. The minimum absolute atomic E-state index is 0.829. The molecule has 0 amide bonds. The van der Waals surface area contributed by atoms with Gasteiger partial charge in [0, 0.05) is 0 Å². The lowest BCUT2D eigenvalue weighted by Gasteiger charge is -2.02. The zero-order valence-electron chi connectivity index (χ0n) is 4.01. The highest BCUT2D eigenvalue weighted by molar-refractivity contribution is 5.48. The van der Waals surface area contributed by atoms with E-state index in [4.69, 9.17) is 4.74 Å². The lowest BCUT2D eigenvalue weighted by atomic mass is 10.6. The van der Waals surface area contributed by atoms with Gasteiger partial charge in [0.2, 0.25) is 0 Å². The second-order valence-electron chi connectivity index (χ2n) is 1.24. The van der Waals surface area contributed by atoms with Crippen LogP contribution in [0.3, 0.4) is 0 Å². The number of rotatable bonds is 0.